The number of aryl methyl sites for hydroxylation is 1. The summed E-state index contributed by atoms with van der Waals surface area (Å²) in [5, 5.41) is 9.91. The normalized spacial score (nSPS) is 15.0. The molecule has 1 rings (SSSR count). The lowest BCUT2D eigenvalue weighted by atomic mass is 10.1. The Morgan fingerprint density at radius 1 is 1.22 bits per heavy atom. The van der Waals surface area contributed by atoms with E-state index in [0.29, 0.717) is 19.4 Å². The first-order chi connectivity index (χ1) is 11.0. The molecule has 0 aromatic heterocycles. The van der Waals surface area contributed by atoms with Crippen molar-refractivity contribution >= 4 is 16.8 Å². The van der Waals surface area contributed by atoms with Gasteiger partial charge in [-0.25, -0.2) is 0 Å². The molecule has 0 fully saturated rings. The minimum Gasteiger partial charge on any atom is -0.466 e. The molecule has 0 saturated carbocycles. The molecule has 130 valence electrons. The maximum Gasteiger partial charge on any atom is 0.305 e. The lowest BCUT2D eigenvalue weighted by molar-refractivity contribution is -0.143. The molecule has 1 unspecified atom stereocenters. The van der Waals surface area contributed by atoms with Crippen molar-refractivity contribution < 1.29 is 18.8 Å². The summed E-state index contributed by atoms with van der Waals surface area (Å²) in [5.74, 6) is -0.165. The Balaban J connectivity index is 2.30. The van der Waals surface area contributed by atoms with Crippen LogP contribution in [0.1, 0.15) is 51.5 Å². The highest BCUT2D eigenvalue weighted by atomic mass is 32.2. The van der Waals surface area contributed by atoms with Gasteiger partial charge in [-0.2, -0.15) is 0 Å². The molecule has 0 saturated heterocycles. The van der Waals surface area contributed by atoms with E-state index in [1.807, 2.05) is 38.1 Å². The van der Waals surface area contributed by atoms with Crippen LogP contribution in [0, 0.1) is 6.92 Å². The summed E-state index contributed by atoms with van der Waals surface area (Å²) in [6.45, 7) is 6.02. The van der Waals surface area contributed by atoms with Crippen LogP contribution >= 0.6 is 0 Å². The number of hydrogen-bond acceptors (Lipinski definition) is 4. The lowest BCUT2D eigenvalue weighted by Gasteiger charge is -2.18. The molecule has 23 heavy (non-hydrogen) atoms. The van der Waals surface area contributed by atoms with E-state index in [1.165, 1.54) is 0 Å². The van der Waals surface area contributed by atoms with Gasteiger partial charge in [0, 0.05) is 11.3 Å². The third-order valence-electron chi connectivity index (χ3n) is 3.82. The van der Waals surface area contributed by atoms with Gasteiger partial charge in [0.15, 0.2) is 0 Å². The lowest BCUT2D eigenvalue weighted by Crippen LogP contribution is -2.27. The fourth-order valence-electron chi connectivity index (χ4n) is 2.30. The first-order valence-corrected chi connectivity index (χ1v) is 9.48. The average Bonchev–Trinajstić information content (AvgIpc) is 2.54. The fraction of sp³-hybridized carbons (Fsp3) is 0.611. The first-order valence-electron chi connectivity index (χ1n) is 8.26. The predicted octanol–water partition coefficient (Wildman–Crippen LogP) is 3.37. The van der Waals surface area contributed by atoms with Gasteiger partial charge in [-0.05, 0) is 45.7 Å². The Kier molecular flexibility index (Phi) is 9.10. The molecule has 3 atom stereocenters. The van der Waals surface area contributed by atoms with Crippen LogP contribution in [0.15, 0.2) is 29.2 Å². The monoisotopic (exact) mass is 340 g/mol. The number of aliphatic hydroxyl groups excluding tert-OH is 1. The minimum atomic E-state index is -1.21. The van der Waals surface area contributed by atoms with Crippen LogP contribution in [0.2, 0.25) is 0 Å². The van der Waals surface area contributed by atoms with Crippen LogP contribution < -0.4 is 0 Å². The summed E-state index contributed by atoms with van der Waals surface area (Å²) in [4.78, 5) is 12.0. The summed E-state index contributed by atoms with van der Waals surface area (Å²) >= 11 is 0. The van der Waals surface area contributed by atoms with Crippen molar-refractivity contribution in [2.75, 3.05) is 6.61 Å². The van der Waals surface area contributed by atoms with E-state index in [1.54, 1.807) is 6.92 Å². The quantitative estimate of drug-likeness (QED) is 0.524. The maximum atomic E-state index is 12.4. The van der Waals surface area contributed by atoms with Crippen molar-refractivity contribution in [3.05, 3.63) is 29.8 Å². The molecule has 0 radical (unpaired) electrons. The van der Waals surface area contributed by atoms with E-state index in [4.69, 9.17) is 4.74 Å². The molecule has 0 aliphatic heterocycles. The van der Waals surface area contributed by atoms with Crippen LogP contribution in [0.25, 0.3) is 0 Å². The van der Waals surface area contributed by atoms with Gasteiger partial charge < -0.3 is 9.84 Å². The van der Waals surface area contributed by atoms with Gasteiger partial charge in [0.05, 0.1) is 28.8 Å². The second-order valence-electron chi connectivity index (χ2n) is 5.79. The average molecular weight is 340 g/mol. The summed E-state index contributed by atoms with van der Waals surface area (Å²) in [5.41, 5.74) is 1.13. The molecular formula is C18H28O4S. The zero-order chi connectivity index (χ0) is 17.2. The van der Waals surface area contributed by atoms with Gasteiger partial charge >= 0.3 is 5.97 Å². The van der Waals surface area contributed by atoms with E-state index in [2.05, 4.69) is 0 Å². The molecule has 0 spiro atoms. The molecule has 1 N–H and O–H groups in total. The Morgan fingerprint density at radius 2 is 1.87 bits per heavy atom. The fourth-order valence-corrected chi connectivity index (χ4v) is 3.55. The summed E-state index contributed by atoms with van der Waals surface area (Å²) in [6, 6.07) is 7.57. The van der Waals surface area contributed by atoms with Crippen LogP contribution in [-0.2, 0) is 20.3 Å². The summed E-state index contributed by atoms with van der Waals surface area (Å²) in [7, 11) is -1.21. The Hall–Kier alpha value is -1.20. The summed E-state index contributed by atoms with van der Waals surface area (Å²) < 4.78 is 17.3. The number of ether oxygens (including phenoxy) is 1. The van der Waals surface area contributed by atoms with E-state index < -0.39 is 16.9 Å². The van der Waals surface area contributed by atoms with E-state index >= 15 is 0 Å². The van der Waals surface area contributed by atoms with Crippen molar-refractivity contribution in [1.29, 1.82) is 0 Å². The van der Waals surface area contributed by atoms with Crippen LogP contribution in [-0.4, -0.2) is 33.2 Å². The Morgan fingerprint density at radius 3 is 2.48 bits per heavy atom. The highest BCUT2D eigenvalue weighted by molar-refractivity contribution is 7.85. The predicted molar refractivity (Wildman–Crippen MR) is 92.8 cm³/mol. The SMILES string of the molecule is CCOC(=O)CCCCC[C@@H](O)C(C)[S@@](=O)c1ccc(C)cc1. The highest BCUT2D eigenvalue weighted by Gasteiger charge is 2.21. The zero-order valence-electron chi connectivity index (χ0n) is 14.3. The van der Waals surface area contributed by atoms with Crippen LogP contribution in [0.5, 0.6) is 0 Å². The van der Waals surface area contributed by atoms with E-state index in [9.17, 15) is 14.1 Å². The third-order valence-corrected chi connectivity index (χ3v) is 5.55. The Bertz CT molecular complexity index is 498. The molecule has 0 aliphatic carbocycles. The molecule has 1 aromatic rings. The number of esters is 1. The second kappa shape index (κ2) is 10.6. The molecule has 1 aromatic carbocycles. The summed E-state index contributed by atoms with van der Waals surface area (Å²) in [6.07, 6.45) is 2.87. The van der Waals surface area contributed by atoms with Crippen molar-refractivity contribution in [3.8, 4) is 0 Å². The van der Waals surface area contributed by atoms with E-state index in [-0.39, 0.29) is 11.2 Å². The zero-order valence-corrected chi connectivity index (χ0v) is 15.1. The molecule has 0 bridgehead atoms. The maximum absolute atomic E-state index is 12.4. The van der Waals surface area contributed by atoms with Crippen molar-refractivity contribution in [2.24, 2.45) is 0 Å². The van der Waals surface area contributed by atoms with Gasteiger partial charge in [-0.1, -0.05) is 30.5 Å². The van der Waals surface area contributed by atoms with Gasteiger partial charge in [-0.15, -0.1) is 0 Å². The van der Waals surface area contributed by atoms with Gasteiger partial charge in [-0.3, -0.25) is 9.00 Å². The number of carbonyl (C=O) groups excluding carboxylic acids is 1. The molecule has 5 heteroatoms. The number of aliphatic hydroxyl groups is 1. The van der Waals surface area contributed by atoms with E-state index in [0.717, 1.165) is 29.7 Å². The molecule has 4 nitrogen and oxygen atoms in total. The topological polar surface area (TPSA) is 63.6 Å². The second-order valence-corrected chi connectivity index (χ2v) is 7.60. The largest absolute Gasteiger partial charge is 0.466 e. The van der Waals surface area contributed by atoms with Crippen LogP contribution in [0.4, 0.5) is 0 Å². The third kappa shape index (κ3) is 7.27. The smallest absolute Gasteiger partial charge is 0.305 e. The Labute approximate surface area is 141 Å². The minimum absolute atomic E-state index is 0.165. The standard InChI is InChI=1S/C18H28O4S/c1-4-22-18(20)9-7-5-6-8-17(19)15(3)23(21)16-12-10-14(2)11-13-16/h10-13,15,17,19H,4-9H2,1-3H3/t15?,17-,23-/m1/s1. The number of hydrogen-bond donors (Lipinski definition) is 1. The van der Waals surface area contributed by atoms with Gasteiger partial charge in [0.1, 0.15) is 0 Å². The first kappa shape index (κ1) is 19.8. The number of unbranched alkanes of at least 4 members (excludes halogenated alkanes) is 2. The molecule has 0 aliphatic rings. The van der Waals surface area contributed by atoms with Crippen molar-refractivity contribution in [3.63, 3.8) is 0 Å². The van der Waals surface area contributed by atoms with Crippen molar-refractivity contribution in [2.45, 2.75) is 69.1 Å². The number of carbonyl (C=O) groups is 1. The van der Waals surface area contributed by atoms with Crippen LogP contribution in [0.3, 0.4) is 0 Å². The van der Waals surface area contributed by atoms with Gasteiger partial charge in [0.2, 0.25) is 0 Å². The molecule has 0 amide bonds. The number of benzene rings is 1. The van der Waals surface area contributed by atoms with Crippen molar-refractivity contribution in [1.82, 2.24) is 0 Å². The van der Waals surface area contributed by atoms with Gasteiger partial charge in [0.25, 0.3) is 0 Å². The highest BCUT2D eigenvalue weighted by Crippen LogP contribution is 2.18. The molecule has 0 heterocycles. The molecular weight excluding hydrogens is 312 g/mol. The number of rotatable bonds is 10.